The van der Waals surface area contributed by atoms with E-state index in [4.69, 9.17) is 45.3 Å². The maximum absolute atomic E-state index is 10.5. The summed E-state index contributed by atoms with van der Waals surface area (Å²) in [4.78, 5) is 10.5. The molecule has 114 valence electrons. The number of carboxylic acids is 1. The van der Waals surface area contributed by atoms with Crippen molar-refractivity contribution in [2.45, 2.75) is 6.92 Å². The normalized spacial score (nSPS) is 10.4. The molecule has 9 heteroatoms. The molecule has 0 aliphatic rings. The maximum Gasteiger partial charge on any atom is 0.341 e. The summed E-state index contributed by atoms with van der Waals surface area (Å²) in [5.74, 6) is -0.997. The largest absolute Gasteiger partial charge is 0.479 e. The van der Waals surface area contributed by atoms with Crippen molar-refractivity contribution in [2.75, 3.05) is 13.2 Å². The second-order valence-electron chi connectivity index (χ2n) is 3.73. The zero-order valence-corrected chi connectivity index (χ0v) is 13.3. The van der Waals surface area contributed by atoms with E-state index in [-0.39, 0.29) is 15.8 Å². The fourth-order valence-corrected chi connectivity index (χ4v) is 2.10. The fourth-order valence-electron chi connectivity index (χ4n) is 1.29. The van der Waals surface area contributed by atoms with Gasteiger partial charge >= 0.3 is 5.97 Å². The van der Waals surface area contributed by atoms with Gasteiger partial charge in [0.2, 0.25) is 0 Å². The Morgan fingerprint density at radius 2 is 2.10 bits per heavy atom. The quantitative estimate of drug-likeness (QED) is 0.415. The number of nitrogens with zero attached hydrogens (tertiary/aromatic N) is 1. The second-order valence-corrected chi connectivity index (χ2v) is 4.95. The number of carboxylic acid groups (broad SMARTS) is 1. The Bertz CT molecular complexity index is 544. The van der Waals surface area contributed by atoms with Gasteiger partial charge in [0.1, 0.15) is 0 Å². The molecule has 0 heterocycles. The first kappa shape index (κ1) is 17.5. The van der Waals surface area contributed by atoms with Gasteiger partial charge in [-0.05, 0) is 36.8 Å². The van der Waals surface area contributed by atoms with Gasteiger partial charge in [0.25, 0.3) is 0 Å². The number of aliphatic carboxylic acids is 1. The minimum Gasteiger partial charge on any atom is -0.479 e. The van der Waals surface area contributed by atoms with E-state index in [9.17, 15) is 4.79 Å². The highest BCUT2D eigenvalue weighted by Crippen LogP contribution is 2.33. The van der Waals surface area contributed by atoms with Gasteiger partial charge in [0, 0.05) is 6.54 Å². The zero-order valence-electron chi connectivity index (χ0n) is 11.0. The summed E-state index contributed by atoms with van der Waals surface area (Å²) in [5.41, 5.74) is 3.23. The monoisotopic (exact) mass is 349 g/mol. The van der Waals surface area contributed by atoms with E-state index >= 15 is 0 Å². The summed E-state index contributed by atoms with van der Waals surface area (Å²) in [6.45, 7) is 2.08. The van der Waals surface area contributed by atoms with E-state index in [1.54, 1.807) is 12.1 Å². The van der Waals surface area contributed by atoms with Gasteiger partial charge in [-0.2, -0.15) is 5.10 Å². The van der Waals surface area contributed by atoms with Crippen molar-refractivity contribution in [3.05, 3.63) is 27.7 Å². The fraction of sp³-hybridized carbons (Fsp3) is 0.250. The van der Waals surface area contributed by atoms with Crippen molar-refractivity contribution in [1.82, 2.24) is 10.7 Å². The lowest BCUT2D eigenvalue weighted by molar-refractivity contribution is -0.139. The molecule has 21 heavy (non-hydrogen) atoms. The van der Waals surface area contributed by atoms with E-state index in [1.165, 1.54) is 6.21 Å². The van der Waals surface area contributed by atoms with Crippen LogP contribution in [-0.4, -0.2) is 35.6 Å². The van der Waals surface area contributed by atoms with Crippen LogP contribution in [0.1, 0.15) is 12.5 Å². The number of rotatable bonds is 6. The smallest absolute Gasteiger partial charge is 0.341 e. The minimum absolute atomic E-state index is 0.119. The zero-order chi connectivity index (χ0) is 15.8. The van der Waals surface area contributed by atoms with Crippen molar-refractivity contribution >= 4 is 52.7 Å². The molecule has 0 aromatic heterocycles. The Morgan fingerprint density at radius 3 is 2.62 bits per heavy atom. The molecule has 0 unspecified atom stereocenters. The van der Waals surface area contributed by atoms with Crippen molar-refractivity contribution in [2.24, 2.45) is 5.10 Å². The molecule has 0 radical (unpaired) electrons. The lowest BCUT2D eigenvalue weighted by Crippen LogP contribution is -2.31. The minimum atomic E-state index is -1.12. The topological polar surface area (TPSA) is 83.0 Å². The molecule has 0 bridgehead atoms. The van der Waals surface area contributed by atoms with Crippen LogP contribution in [-0.2, 0) is 4.79 Å². The van der Waals surface area contributed by atoms with Crippen molar-refractivity contribution < 1.29 is 14.6 Å². The summed E-state index contributed by atoms with van der Waals surface area (Å²) in [5, 5.41) is 16.1. The molecule has 1 rings (SSSR count). The number of nitrogens with one attached hydrogen (secondary N) is 2. The molecule has 0 saturated carbocycles. The molecule has 1 aromatic rings. The number of thiocarbonyl (C=S) groups is 1. The third kappa shape index (κ3) is 6.16. The summed E-state index contributed by atoms with van der Waals surface area (Å²) < 4.78 is 5.00. The molecule has 0 saturated heterocycles. The first-order chi connectivity index (χ1) is 9.93. The summed E-state index contributed by atoms with van der Waals surface area (Å²) in [6.07, 6.45) is 1.47. The molecule has 0 spiro atoms. The Kier molecular flexibility index (Phi) is 7.21. The number of hydrogen-bond donors (Lipinski definition) is 3. The van der Waals surface area contributed by atoms with Crippen molar-refractivity contribution in [3.63, 3.8) is 0 Å². The van der Waals surface area contributed by atoms with E-state index in [2.05, 4.69) is 15.8 Å². The van der Waals surface area contributed by atoms with Gasteiger partial charge in [-0.3, -0.25) is 5.43 Å². The van der Waals surface area contributed by atoms with E-state index in [0.717, 1.165) is 0 Å². The van der Waals surface area contributed by atoms with Crippen LogP contribution in [0.5, 0.6) is 5.75 Å². The first-order valence-electron chi connectivity index (χ1n) is 5.84. The number of benzene rings is 1. The highest BCUT2D eigenvalue weighted by Gasteiger charge is 2.10. The Labute approximate surface area is 137 Å². The average molecular weight is 350 g/mol. The molecular weight excluding hydrogens is 337 g/mol. The van der Waals surface area contributed by atoms with Crippen LogP contribution < -0.4 is 15.5 Å². The van der Waals surface area contributed by atoms with Crippen molar-refractivity contribution in [3.8, 4) is 5.75 Å². The molecule has 3 N–H and O–H groups in total. The molecule has 0 aliphatic carbocycles. The number of hydrazone groups is 1. The molecule has 0 fully saturated rings. The van der Waals surface area contributed by atoms with Crippen LogP contribution in [0.15, 0.2) is 17.2 Å². The van der Waals surface area contributed by atoms with Crippen LogP contribution in [0.4, 0.5) is 0 Å². The lowest BCUT2D eigenvalue weighted by atomic mass is 10.2. The standard InChI is InChI=1S/C12H13Cl2N3O3S/c1-2-15-12(21)17-16-5-7-3-8(13)11(9(14)4-7)20-6-10(18)19/h3-5H,2,6H2,1H3,(H,18,19)(H2,15,17,21). The third-order valence-electron chi connectivity index (χ3n) is 2.08. The maximum atomic E-state index is 10.5. The number of halogens is 2. The molecule has 0 aliphatic heterocycles. The predicted molar refractivity (Wildman–Crippen MR) is 86.6 cm³/mol. The summed E-state index contributed by atoms with van der Waals surface area (Å²) >= 11 is 16.9. The Hall–Kier alpha value is -1.57. The summed E-state index contributed by atoms with van der Waals surface area (Å²) in [6, 6.07) is 3.10. The molecule has 0 amide bonds. The predicted octanol–water partition coefficient (Wildman–Crippen LogP) is 2.27. The molecular formula is C12H13Cl2N3O3S. The molecule has 0 atom stereocenters. The van der Waals surface area contributed by atoms with Crippen molar-refractivity contribution in [1.29, 1.82) is 0 Å². The van der Waals surface area contributed by atoms with Gasteiger partial charge in [-0.25, -0.2) is 4.79 Å². The van der Waals surface area contributed by atoms with Crippen LogP contribution >= 0.6 is 35.4 Å². The SMILES string of the molecule is CCNC(=S)NN=Cc1cc(Cl)c(OCC(=O)O)c(Cl)c1. The van der Waals surface area contributed by atoms with Crippen LogP contribution in [0.2, 0.25) is 10.0 Å². The third-order valence-corrected chi connectivity index (χ3v) is 2.87. The molecule has 6 nitrogen and oxygen atoms in total. The number of carbonyl (C=O) groups is 1. The van der Waals surface area contributed by atoms with Gasteiger partial charge in [-0.1, -0.05) is 23.2 Å². The van der Waals surface area contributed by atoms with E-state index in [0.29, 0.717) is 17.2 Å². The van der Waals surface area contributed by atoms with Crippen LogP contribution in [0, 0.1) is 0 Å². The second kappa shape index (κ2) is 8.66. The Morgan fingerprint density at radius 1 is 1.48 bits per heavy atom. The van der Waals surface area contributed by atoms with E-state index < -0.39 is 12.6 Å². The van der Waals surface area contributed by atoms with Gasteiger partial charge in [-0.15, -0.1) is 0 Å². The summed E-state index contributed by atoms with van der Waals surface area (Å²) in [7, 11) is 0. The molecule has 1 aromatic carbocycles. The first-order valence-corrected chi connectivity index (χ1v) is 7.01. The van der Waals surface area contributed by atoms with Gasteiger partial charge < -0.3 is 15.2 Å². The number of hydrogen-bond acceptors (Lipinski definition) is 4. The van der Waals surface area contributed by atoms with Crippen LogP contribution in [0.25, 0.3) is 0 Å². The van der Waals surface area contributed by atoms with Gasteiger partial charge in [0.15, 0.2) is 17.5 Å². The Balaban J connectivity index is 2.76. The van der Waals surface area contributed by atoms with E-state index in [1.807, 2.05) is 6.92 Å². The highest BCUT2D eigenvalue weighted by molar-refractivity contribution is 7.80. The highest BCUT2D eigenvalue weighted by atomic mass is 35.5. The van der Waals surface area contributed by atoms with Gasteiger partial charge in [0.05, 0.1) is 16.3 Å². The van der Waals surface area contributed by atoms with Crippen LogP contribution in [0.3, 0.4) is 0 Å². The number of ether oxygens (including phenoxy) is 1. The lowest BCUT2D eigenvalue weighted by Gasteiger charge is -2.08. The average Bonchev–Trinajstić information content (AvgIpc) is 2.37.